The van der Waals surface area contributed by atoms with Crippen molar-refractivity contribution < 1.29 is 42.1 Å². The number of nitrogens with one attached hydrogen (secondary N) is 2. The van der Waals surface area contributed by atoms with Crippen molar-refractivity contribution in [2.24, 2.45) is 5.92 Å². The number of β-amino-alcohol motifs (C(OH)–C–C–N with tert-alkyl or cyclic N) is 1. The molecule has 276 valence electrons. The van der Waals surface area contributed by atoms with Gasteiger partial charge in [-0.3, -0.25) is 19.4 Å². The number of ether oxygens (including phenoxy) is 1. The number of aliphatic hydroxyl groups excluding tert-OH is 2. The molecular formula is C37H41F3N6O6. The summed E-state index contributed by atoms with van der Waals surface area (Å²) in [6, 6.07) is 20.0. The van der Waals surface area contributed by atoms with Gasteiger partial charge in [-0.15, -0.1) is 0 Å². The Balaban J connectivity index is 1.15. The van der Waals surface area contributed by atoms with Gasteiger partial charge in [0.2, 0.25) is 11.8 Å². The minimum Gasteiger partial charge on any atom is -0.490 e. The molecule has 5 atom stereocenters. The molecule has 1 saturated heterocycles. The topological polar surface area (TPSA) is 153 Å². The maximum Gasteiger partial charge on any atom is 0.405 e. The lowest BCUT2D eigenvalue weighted by atomic mass is 9.90. The van der Waals surface area contributed by atoms with Gasteiger partial charge in [0, 0.05) is 43.2 Å². The van der Waals surface area contributed by atoms with Crippen LogP contribution in [0.2, 0.25) is 0 Å². The highest BCUT2D eigenvalue weighted by Crippen LogP contribution is 2.32. The summed E-state index contributed by atoms with van der Waals surface area (Å²) in [6.07, 6.45) is -3.31. The highest BCUT2D eigenvalue weighted by Gasteiger charge is 2.38. The second-order valence-electron chi connectivity index (χ2n) is 13.2. The molecule has 2 aliphatic rings. The first-order chi connectivity index (χ1) is 25.0. The van der Waals surface area contributed by atoms with Gasteiger partial charge in [-0.2, -0.15) is 23.4 Å². The smallest absolute Gasteiger partial charge is 0.405 e. The zero-order valence-corrected chi connectivity index (χ0v) is 28.3. The van der Waals surface area contributed by atoms with Gasteiger partial charge in [0.15, 0.2) is 0 Å². The Morgan fingerprint density at radius 2 is 1.79 bits per heavy atom. The average molecular weight is 723 g/mol. The number of aromatic nitrogens is 2. The van der Waals surface area contributed by atoms with E-state index in [2.05, 4.69) is 15.5 Å². The zero-order valence-electron chi connectivity index (χ0n) is 28.3. The van der Waals surface area contributed by atoms with Gasteiger partial charge in [-0.1, -0.05) is 48.5 Å². The van der Waals surface area contributed by atoms with Crippen molar-refractivity contribution in [3.63, 3.8) is 0 Å². The van der Waals surface area contributed by atoms with Crippen molar-refractivity contribution in [1.82, 2.24) is 30.6 Å². The van der Waals surface area contributed by atoms with Gasteiger partial charge >= 0.3 is 6.18 Å². The zero-order chi connectivity index (χ0) is 36.7. The fraction of sp³-hybridized carbons (Fsp3) is 0.405. The summed E-state index contributed by atoms with van der Waals surface area (Å²) in [4.78, 5) is 30.7. The number of nitrogens with zero attached hydrogens (tertiary/aromatic N) is 4. The summed E-state index contributed by atoms with van der Waals surface area (Å²) < 4.78 is 50.9. The van der Waals surface area contributed by atoms with Crippen LogP contribution in [-0.2, 0) is 22.6 Å². The Kier molecular flexibility index (Phi) is 11.8. The van der Waals surface area contributed by atoms with Gasteiger partial charge in [0.05, 0.1) is 31.1 Å². The molecule has 4 N–H and O–H groups in total. The quantitative estimate of drug-likeness (QED) is 0.162. The molecule has 2 aromatic heterocycles. The molecule has 2 aromatic carbocycles. The van der Waals surface area contributed by atoms with E-state index in [1.165, 1.54) is 0 Å². The first-order valence-electron chi connectivity index (χ1n) is 17.1. The van der Waals surface area contributed by atoms with Crippen LogP contribution in [0.4, 0.5) is 13.2 Å². The van der Waals surface area contributed by atoms with Crippen molar-refractivity contribution in [3.05, 3.63) is 102 Å². The minimum atomic E-state index is -4.60. The molecule has 0 radical (unpaired) electrons. The Morgan fingerprint density at radius 1 is 1.00 bits per heavy atom. The van der Waals surface area contributed by atoms with Gasteiger partial charge in [-0.25, -0.2) is 0 Å². The normalized spacial score (nSPS) is 20.7. The number of hydrogen-bond donors (Lipinski definition) is 4. The van der Waals surface area contributed by atoms with Crippen LogP contribution in [0.5, 0.6) is 5.75 Å². The Morgan fingerprint density at radius 3 is 2.56 bits per heavy atom. The number of carbonyl (C=O) groups is 2. The summed E-state index contributed by atoms with van der Waals surface area (Å²) in [5, 5.41) is 34.8. The van der Waals surface area contributed by atoms with Crippen molar-refractivity contribution in [1.29, 1.82) is 0 Å². The van der Waals surface area contributed by atoms with Crippen LogP contribution in [0, 0.1) is 5.92 Å². The van der Waals surface area contributed by atoms with Crippen LogP contribution in [0.1, 0.15) is 29.3 Å². The maximum absolute atomic E-state index is 13.9. The lowest BCUT2D eigenvalue weighted by molar-refractivity contribution is -0.143. The van der Waals surface area contributed by atoms with Crippen LogP contribution in [0.25, 0.3) is 11.3 Å². The number of rotatable bonds is 13. The number of para-hydroxylation sites is 1. The molecule has 4 heterocycles. The third kappa shape index (κ3) is 9.73. The van der Waals surface area contributed by atoms with Crippen LogP contribution < -0.4 is 15.4 Å². The van der Waals surface area contributed by atoms with Crippen molar-refractivity contribution in [2.75, 3.05) is 39.3 Å². The number of amides is 2. The standard InChI is InChI=1S/C37H41F3N6O6/c38-37(39,40)23-41-36(50)30-21-45(20-28-10-11-32(52-28)25-12-13-42-43-18-25)14-15-46(30)19-27(47)17-26(16-24-6-2-1-3-7-24)35(49)44-34-29-8-4-5-9-33(29)51-22-31(34)48/h1-13,18,26-27,30-31,34,47-48H,14-17,19-23H2,(H,41,50)(H,44,49)/t26-,27+,30+,31-,34+/m1/s1. The highest BCUT2D eigenvalue weighted by molar-refractivity contribution is 5.82. The van der Waals surface area contributed by atoms with Gasteiger partial charge < -0.3 is 30.0 Å². The fourth-order valence-electron chi connectivity index (χ4n) is 6.72. The molecule has 0 aliphatic carbocycles. The molecular weight excluding hydrogens is 681 g/mol. The monoisotopic (exact) mass is 722 g/mol. The second kappa shape index (κ2) is 16.7. The molecule has 0 bridgehead atoms. The summed E-state index contributed by atoms with van der Waals surface area (Å²) >= 11 is 0. The number of fused-ring (bicyclic) bond motifs is 1. The molecule has 52 heavy (non-hydrogen) atoms. The maximum atomic E-state index is 13.9. The number of aliphatic hydroxyl groups is 2. The van der Waals surface area contributed by atoms with E-state index in [1.54, 1.807) is 59.8 Å². The van der Waals surface area contributed by atoms with E-state index >= 15 is 0 Å². The Hall–Kier alpha value is -4.83. The van der Waals surface area contributed by atoms with Crippen molar-refractivity contribution in [2.45, 2.75) is 49.9 Å². The summed E-state index contributed by atoms with van der Waals surface area (Å²) in [6.45, 7) is -0.446. The van der Waals surface area contributed by atoms with Crippen LogP contribution >= 0.6 is 0 Å². The SMILES string of the molecule is O=C(N[C@H]1c2ccccc2OC[C@H]1O)[C@H](Cc1ccccc1)C[C@H](O)CN1CCN(Cc2ccc(-c3ccnnc3)o2)C[C@H]1C(=O)NCC(F)(F)F. The molecule has 2 amide bonds. The van der Waals surface area contributed by atoms with Crippen LogP contribution in [0.15, 0.2) is 89.6 Å². The molecule has 4 aromatic rings. The molecule has 0 unspecified atom stereocenters. The van der Waals surface area contributed by atoms with E-state index in [1.807, 2.05) is 40.5 Å². The van der Waals surface area contributed by atoms with Gasteiger partial charge in [-0.05, 0) is 42.7 Å². The predicted octanol–water partition coefficient (Wildman–Crippen LogP) is 3.12. The largest absolute Gasteiger partial charge is 0.490 e. The van der Waals surface area contributed by atoms with Crippen LogP contribution in [0.3, 0.4) is 0 Å². The predicted molar refractivity (Wildman–Crippen MR) is 183 cm³/mol. The summed E-state index contributed by atoms with van der Waals surface area (Å²) in [7, 11) is 0. The molecule has 6 rings (SSSR count). The number of carbonyl (C=O) groups excluding carboxylic acids is 2. The summed E-state index contributed by atoms with van der Waals surface area (Å²) in [5.41, 5.74) is 2.24. The first kappa shape index (κ1) is 36.9. The van der Waals surface area contributed by atoms with E-state index in [-0.39, 0.29) is 45.0 Å². The molecule has 0 saturated carbocycles. The number of benzene rings is 2. The third-order valence-electron chi connectivity index (χ3n) is 9.29. The minimum absolute atomic E-state index is 0.00100. The molecule has 1 fully saturated rings. The van der Waals surface area contributed by atoms with Gasteiger partial charge in [0.25, 0.3) is 0 Å². The van der Waals surface area contributed by atoms with E-state index in [0.717, 1.165) is 11.1 Å². The summed E-state index contributed by atoms with van der Waals surface area (Å²) in [5.74, 6) is -0.193. The first-order valence-corrected chi connectivity index (χ1v) is 17.1. The van der Waals surface area contributed by atoms with Crippen molar-refractivity contribution >= 4 is 11.8 Å². The second-order valence-corrected chi connectivity index (χ2v) is 13.2. The number of hydrogen-bond acceptors (Lipinski definition) is 10. The fourth-order valence-corrected chi connectivity index (χ4v) is 6.72. The van der Waals surface area contributed by atoms with Crippen LogP contribution in [-0.4, -0.2) is 106 Å². The number of furan rings is 1. The third-order valence-corrected chi connectivity index (χ3v) is 9.29. The number of alkyl halides is 3. The van der Waals surface area contributed by atoms with E-state index in [4.69, 9.17) is 9.15 Å². The number of piperazine rings is 1. The lowest BCUT2D eigenvalue weighted by Gasteiger charge is -2.41. The molecule has 12 nitrogen and oxygen atoms in total. The van der Waals surface area contributed by atoms with Crippen molar-refractivity contribution in [3.8, 4) is 17.1 Å². The van der Waals surface area contributed by atoms with E-state index in [0.29, 0.717) is 35.9 Å². The Bertz CT molecular complexity index is 1780. The average Bonchev–Trinajstić information content (AvgIpc) is 3.61. The highest BCUT2D eigenvalue weighted by atomic mass is 19.4. The molecule has 2 aliphatic heterocycles. The van der Waals surface area contributed by atoms with E-state index < -0.39 is 48.8 Å². The molecule has 15 heteroatoms. The number of halogens is 3. The van der Waals surface area contributed by atoms with E-state index in [9.17, 15) is 33.0 Å². The Labute approximate surface area is 298 Å². The molecule has 0 spiro atoms. The lowest BCUT2D eigenvalue weighted by Crippen LogP contribution is -2.60. The van der Waals surface area contributed by atoms with Gasteiger partial charge in [0.1, 0.15) is 42.6 Å².